The molecule has 0 saturated heterocycles. The van der Waals surface area contributed by atoms with Crippen molar-refractivity contribution in [2.45, 2.75) is 33.2 Å². The lowest BCUT2D eigenvalue weighted by molar-refractivity contribution is 0.0998. The Balaban J connectivity index is 1.96. The molecule has 8 heteroatoms. The number of carbonyl (C=O) groups is 1. The monoisotopic (exact) mass is 477 g/mol. The Morgan fingerprint density at radius 2 is 1.85 bits per heavy atom. The maximum atomic E-state index is 14.7. The highest BCUT2D eigenvalue weighted by Crippen LogP contribution is 2.41. The molecule has 0 radical (unpaired) electrons. The number of pyridine rings is 1. The van der Waals surface area contributed by atoms with E-state index in [9.17, 15) is 9.18 Å². The Morgan fingerprint density at radius 3 is 2.53 bits per heavy atom. The molecule has 174 valence electrons. The predicted molar refractivity (Wildman–Crippen MR) is 130 cm³/mol. The van der Waals surface area contributed by atoms with Crippen LogP contribution in [-0.2, 0) is 6.54 Å². The summed E-state index contributed by atoms with van der Waals surface area (Å²) in [5.74, 6) is -0.754. The molecule has 0 bridgehead atoms. The zero-order valence-corrected chi connectivity index (χ0v) is 19.9. The molecule has 4 aromatic rings. The van der Waals surface area contributed by atoms with Gasteiger partial charge >= 0.3 is 0 Å². The van der Waals surface area contributed by atoms with E-state index in [1.165, 1.54) is 18.2 Å². The van der Waals surface area contributed by atoms with Gasteiger partial charge in [0.1, 0.15) is 11.6 Å². The highest BCUT2D eigenvalue weighted by atomic mass is 35.5. The average molecular weight is 478 g/mol. The summed E-state index contributed by atoms with van der Waals surface area (Å²) < 4.78 is 16.5. The van der Waals surface area contributed by atoms with Gasteiger partial charge < -0.3 is 5.73 Å². The van der Waals surface area contributed by atoms with Crippen LogP contribution in [0.1, 0.15) is 54.1 Å². The maximum absolute atomic E-state index is 14.7. The summed E-state index contributed by atoms with van der Waals surface area (Å²) in [5, 5.41) is 5.06. The van der Waals surface area contributed by atoms with Gasteiger partial charge in [-0.25, -0.2) is 14.1 Å². The van der Waals surface area contributed by atoms with Crippen molar-refractivity contribution in [3.8, 4) is 11.4 Å². The number of benzene rings is 2. The molecule has 1 atom stereocenters. The van der Waals surface area contributed by atoms with Crippen LogP contribution in [0.15, 0.2) is 66.9 Å². The molecule has 2 aromatic carbocycles. The quantitative estimate of drug-likeness (QED) is 0.399. The van der Waals surface area contributed by atoms with Crippen LogP contribution in [0, 0.1) is 11.2 Å². The van der Waals surface area contributed by atoms with Crippen LogP contribution in [-0.4, -0.2) is 25.7 Å². The smallest absolute Gasteiger partial charge is 0.250 e. The maximum Gasteiger partial charge on any atom is 0.250 e. The average Bonchev–Trinajstić information content (AvgIpc) is 3.18. The van der Waals surface area contributed by atoms with Crippen LogP contribution in [0.5, 0.6) is 0 Å². The SMILES string of the molecule is CC(C)(C)[C@H](c1ncccc1C(N)=O)c1nc(-c2cc(Cl)ccc2F)nn1Cc1ccccc1. The van der Waals surface area contributed by atoms with E-state index in [2.05, 4.69) is 10.1 Å². The van der Waals surface area contributed by atoms with Gasteiger partial charge in [0.05, 0.1) is 29.3 Å². The summed E-state index contributed by atoms with van der Waals surface area (Å²) in [4.78, 5) is 21.6. The Bertz CT molecular complexity index is 1330. The third-order valence-corrected chi connectivity index (χ3v) is 5.78. The number of primary amides is 1. The lowest BCUT2D eigenvalue weighted by Gasteiger charge is -2.30. The number of amides is 1. The van der Waals surface area contributed by atoms with Crippen LogP contribution < -0.4 is 5.73 Å². The van der Waals surface area contributed by atoms with Crippen LogP contribution in [0.4, 0.5) is 4.39 Å². The minimum absolute atomic E-state index is 0.198. The second kappa shape index (κ2) is 9.35. The zero-order chi connectivity index (χ0) is 24.5. The summed E-state index contributed by atoms with van der Waals surface area (Å²) >= 11 is 6.14. The molecule has 1 amide bonds. The molecule has 0 aliphatic rings. The summed E-state index contributed by atoms with van der Waals surface area (Å²) in [6.45, 7) is 6.48. The van der Waals surface area contributed by atoms with Crippen molar-refractivity contribution < 1.29 is 9.18 Å². The molecular weight excluding hydrogens is 453 g/mol. The van der Waals surface area contributed by atoms with E-state index in [0.717, 1.165) is 5.56 Å². The molecule has 2 N–H and O–H groups in total. The van der Waals surface area contributed by atoms with E-state index < -0.39 is 23.1 Å². The standard InChI is InChI=1S/C26H25ClFN5O/c1-26(2,3)21(22-18(23(29)34)10-7-13-30-22)25-31-24(19-14-17(27)11-12-20(19)28)32-33(25)15-16-8-5-4-6-9-16/h4-14,21H,15H2,1-3H3,(H2,29,34)/t21-/m1/s1. The third-order valence-electron chi connectivity index (χ3n) is 5.55. The minimum Gasteiger partial charge on any atom is -0.366 e. The fraction of sp³-hybridized carbons (Fsp3) is 0.231. The number of hydrogen-bond donors (Lipinski definition) is 1. The van der Waals surface area contributed by atoms with Crippen molar-refractivity contribution in [1.29, 1.82) is 0 Å². The largest absolute Gasteiger partial charge is 0.366 e. The van der Waals surface area contributed by atoms with Gasteiger partial charge in [0.15, 0.2) is 5.82 Å². The first-order valence-electron chi connectivity index (χ1n) is 10.8. The highest BCUT2D eigenvalue weighted by molar-refractivity contribution is 6.30. The van der Waals surface area contributed by atoms with Crippen molar-refractivity contribution in [1.82, 2.24) is 19.7 Å². The molecule has 0 aliphatic carbocycles. The molecule has 0 fully saturated rings. The van der Waals surface area contributed by atoms with Crippen LogP contribution in [0.25, 0.3) is 11.4 Å². The van der Waals surface area contributed by atoms with Gasteiger partial charge in [-0.15, -0.1) is 0 Å². The Hall–Kier alpha value is -3.58. The van der Waals surface area contributed by atoms with Gasteiger partial charge in [0.2, 0.25) is 0 Å². The first-order chi connectivity index (χ1) is 16.1. The van der Waals surface area contributed by atoms with Crippen molar-refractivity contribution >= 4 is 17.5 Å². The number of hydrogen-bond acceptors (Lipinski definition) is 4. The van der Waals surface area contributed by atoms with Crippen molar-refractivity contribution in [3.63, 3.8) is 0 Å². The third kappa shape index (κ3) is 4.84. The van der Waals surface area contributed by atoms with Gasteiger partial charge in [0.25, 0.3) is 5.91 Å². The summed E-state index contributed by atoms with van der Waals surface area (Å²) in [7, 11) is 0. The predicted octanol–water partition coefficient (Wildman–Crippen LogP) is 5.46. The van der Waals surface area contributed by atoms with E-state index in [0.29, 0.717) is 28.6 Å². The van der Waals surface area contributed by atoms with Gasteiger partial charge in [-0.1, -0.05) is 62.7 Å². The molecule has 6 nitrogen and oxygen atoms in total. The van der Waals surface area contributed by atoms with Crippen LogP contribution in [0.2, 0.25) is 5.02 Å². The summed E-state index contributed by atoms with van der Waals surface area (Å²) in [5.41, 5.74) is 7.26. The fourth-order valence-corrected chi connectivity index (χ4v) is 4.17. The molecule has 0 spiro atoms. The van der Waals surface area contributed by atoms with Gasteiger partial charge in [0, 0.05) is 11.2 Å². The number of carbonyl (C=O) groups excluding carboxylic acids is 1. The van der Waals surface area contributed by atoms with E-state index >= 15 is 0 Å². The molecule has 0 aliphatic heterocycles. The first-order valence-corrected chi connectivity index (χ1v) is 11.2. The Morgan fingerprint density at radius 1 is 1.12 bits per heavy atom. The number of halogens is 2. The van der Waals surface area contributed by atoms with Gasteiger partial charge in [-0.05, 0) is 41.3 Å². The lowest BCUT2D eigenvalue weighted by Crippen LogP contribution is -2.28. The molecule has 0 saturated carbocycles. The number of rotatable bonds is 6. The first kappa shape index (κ1) is 23.6. The van der Waals surface area contributed by atoms with Crippen LogP contribution in [0.3, 0.4) is 0 Å². The van der Waals surface area contributed by atoms with Crippen LogP contribution >= 0.6 is 11.6 Å². The topological polar surface area (TPSA) is 86.7 Å². The number of aromatic nitrogens is 4. The summed E-state index contributed by atoms with van der Waals surface area (Å²) in [6, 6.07) is 17.4. The molecule has 34 heavy (non-hydrogen) atoms. The molecule has 2 aromatic heterocycles. The van der Waals surface area contributed by atoms with Gasteiger partial charge in [-0.3, -0.25) is 9.78 Å². The fourth-order valence-electron chi connectivity index (χ4n) is 4.00. The summed E-state index contributed by atoms with van der Waals surface area (Å²) in [6.07, 6.45) is 1.62. The molecule has 2 heterocycles. The second-order valence-corrected chi connectivity index (χ2v) is 9.60. The Kier molecular flexibility index (Phi) is 6.48. The lowest BCUT2D eigenvalue weighted by atomic mass is 9.76. The molecular formula is C26H25ClFN5O. The van der Waals surface area contributed by atoms with E-state index in [1.54, 1.807) is 23.0 Å². The van der Waals surface area contributed by atoms with Gasteiger partial charge in [-0.2, -0.15) is 5.10 Å². The Labute approximate surface area is 202 Å². The van der Waals surface area contributed by atoms with E-state index in [1.807, 2.05) is 51.1 Å². The van der Waals surface area contributed by atoms with Crippen molar-refractivity contribution in [2.75, 3.05) is 0 Å². The molecule has 4 rings (SSSR count). The number of nitrogens with two attached hydrogens (primary N) is 1. The normalized spacial score (nSPS) is 12.5. The molecule has 0 unspecified atom stereocenters. The second-order valence-electron chi connectivity index (χ2n) is 9.16. The minimum atomic E-state index is -0.576. The van der Waals surface area contributed by atoms with Crippen molar-refractivity contribution in [3.05, 3.63) is 100 Å². The van der Waals surface area contributed by atoms with E-state index in [-0.39, 0.29) is 11.4 Å². The van der Waals surface area contributed by atoms with E-state index in [4.69, 9.17) is 22.3 Å². The highest BCUT2D eigenvalue weighted by Gasteiger charge is 2.36. The van der Waals surface area contributed by atoms with Crippen molar-refractivity contribution in [2.24, 2.45) is 11.1 Å². The number of nitrogens with zero attached hydrogens (tertiary/aromatic N) is 4. The zero-order valence-electron chi connectivity index (χ0n) is 19.2.